The van der Waals surface area contributed by atoms with Gasteiger partial charge in [-0.2, -0.15) is 0 Å². The van der Waals surface area contributed by atoms with Crippen molar-refractivity contribution in [2.45, 2.75) is 0 Å². The van der Waals surface area contributed by atoms with Crippen LogP contribution in [0.5, 0.6) is 0 Å². The summed E-state index contributed by atoms with van der Waals surface area (Å²) in [5, 5.41) is 10.00. The summed E-state index contributed by atoms with van der Waals surface area (Å²) in [7, 11) is 0. The lowest BCUT2D eigenvalue weighted by atomic mass is 9.95. The summed E-state index contributed by atoms with van der Waals surface area (Å²) in [6, 6.07) is 71.0. The Morgan fingerprint density at radius 3 is 1.89 bits per heavy atom. The summed E-state index contributed by atoms with van der Waals surface area (Å²) < 4.78 is 5.15. The summed E-state index contributed by atoms with van der Waals surface area (Å²) in [6.45, 7) is 0. The van der Waals surface area contributed by atoms with Gasteiger partial charge in [-0.05, 0) is 82.6 Å². The minimum Gasteiger partial charge on any atom is -0.310 e. The van der Waals surface area contributed by atoms with Crippen LogP contribution in [0.25, 0.3) is 80.3 Å². The van der Waals surface area contributed by atoms with Crippen molar-refractivity contribution in [2.24, 2.45) is 0 Å². The van der Waals surface area contributed by atoms with Crippen LogP contribution < -0.4 is 4.90 Å². The molecule has 0 spiro atoms. The van der Waals surface area contributed by atoms with Gasteiger partial charge in [0.25, 0.3) is 0 Å². The third-order valence-corrected chi connectivity index (χ3v) is 11.9. The molecule has 2 aromatic heterocycles. The predicted octanol–water partition coefficient (Wildman–Crippen LogP) is 14.6. The fourth-order valence-electron chi connectivity index (χ4n) is 8.39. The molecule has 0 radical (unpaired) electrons. The Balaban J connectivity index is 1.27. The van der Waals surface area contributed by atoms with Gasteiger partial charge in [0.15, 0.2) is 0 Å². The van der Waals surface area contributed by atoms with Gasteiger partial charge in [-0.15, -0.1) is 11.3 Å². The highest BCUT2D eigenvalue weighted by Crippen LogP contribution is 2.46. The van der Waals surface area contributed by atoms with Crippen LogP contribution in [0.2, 0.25) is 0 Å². The second-order valence-electron chi connectivity index (χ2n) is 13.7. The van der Waals surface area contributed by atoms with Gasteiger partial charge >= 0.3 is 0 Å². The zero-order valence-electron chi connectivity index (χ0n) is 28.8. The van der Waals surface area contributed by atoms with Crippen LogP contribution in [0.1, 0.15) is 0 Å². The van der Waals surface area contributed by atoms with E-state index < -0.39 is 0 Å². The molecule has 0 bridgehead atoms. The van der Waals surface area contributed by atoms with E-state index in [0.717, 1.165) is 17.1 Å². The molecule has 9 aromatic carbocycles. The Hall–Kier alpha value is -6.68. The van der Waals surface area contributed by atoms with Crippen molar-refractivity contribution in [2.75, 3.05) is 4.90 Å². The molecule has 3 heteroatoms. The molecule has 53 heavy (non-hydrogen) atoms. The Morgan fingerprint density at radius 2 is 1.04 bits per heavy atom. The lowest BCUT2D eigenvalue weighted by Gasteiger charge is -2.26. The van der Waals surface area contributed by atoms with Crippen LogP contribution in [0.4, 0.5) is 17.1 Å². The average Bonchev–Trinajstić information content (AvgIpc) is 3.77. The van der Waals surface area contributed by atoms with Gasteiger partial charge in [-0.1, -0.05) is 133 Å². The molecule has 2 heterocycles. The van der Waals surface area contributed by atoms with E-state index in [9.17, 15) is 0 Å². The van der Waals surface area contributed by atoms with Crippen molar-refractivity contribution in [1.29, 1.82) is 0 Å². The molecule has 0 atom stereocenters. The Labute approximate surface area is 311 Å². The van der Waals surface area contributed by atoms with Crippen molar-refractivity contribution < 1.29 is 0 Å². The first-order valence-electron chi connectivity index (χ1n) is 18.1. The van der Waals surface area contributed by atoms with E-state index >= 15 is 0 Å². The zero-order chi connectivity index (χ0) is 34.9. The van der Waals surface area contributed by atoms with E-state index in [1.165, 1.54) is 80.3 Å². The fourth-order valence-corrected chi connectivity index (χ4v) is 9.47. The normalized spacial score (nSPS) is 11.8. The third-order valence-electron chi connectivity index (χ3n) is 10.7. The summed E-state index contributed by atoms with van der Waals surface area (Å²) in [5.41, 5.74) is 9.39. The molecule has 0 aliphatic rings. The van der Waals surface area contributed by atoms with E-state index in [4.69, 9.17) is 0 Å². The highest BCUT2D eigenvalue weighted by atomic mass is 32.1. The highest BCUT2D eigenvalue weighted by Gasteiger charge is 2.23. The molecule has 0 aliphatic heterocycles. The Bertz CT molecular complexity index is 3170. The number of hydrogen-bond donors (Lipinski definition) is 0. The van der Waals surface area contributed by atoms with Crippen molar-refractivity contribution >= 4 is 91.9 Å². The van der Waals surface area contributed by atoms with Crippen molar-refractivity contribution in [1.82, 2.24) is 4.57 Å². The van der Waals surface area contributed by atoms with Gasteiger partial charge in [0.2, 0.25) is 0 Å². The standard InChI is InChI=1S/C50H32N2S/c1-3-14-34(15-4-1)43-30-35-17-8-10-22-40(35)50-49(43)42-28-26-38(32-46(42)52(50)45-24-13-18-33-16-7-9-21-39(33)45)51(36-19-5-2-6-20-36)37-27-29-48-44(31-37)41-23-11-12-25-47(41)53-48/h1-32H. The number of para-hydroxylation sites is 1. The Kier molecular flexibility index (Phi) is 6.76. The van der Waals surface area contributed by atoms with Gasteiger partial charge in [-0.25, -0.2) is 0 Å². The average molecular weight is 693 g/mol. The molecule has 0 saturated carbocycles. The molecule has 0 saturated heterocycles. The topological polar surface area (TPSA) is 8.17 Å². The first-order valence-corrected chi connectivity index (χ1v) is 18.9. The molecule has 0 N–H and O–H groups in total. The maximum atomic E-state index is 2.53. The lowest BCUT2D eigenvalue weighted by Crippen LogP contribution is -2.10. The third kappa shape index (κ3) is 4.71. The van der Waals surface area contributed by atoms with E-state index in [2.05, 4.69) is 204 Å². The molecule has 248 valence electrons. The molecular weight excluding hydrogens is 661 g/mol. The van der Waals surface area contributed by atoms with Gasteiger partial charge in [0, 0.05) is 58.8 Å². The van der Waals surface area contributed by atoms with Crippen molar-refractivity contribution in [3.05, 3.63) is 194 Å². The second kappa shape index (κ2) is 11.9. The number of thiophene rings is 1. The van der Waals surface area contributed by atoms with Gasteiger partial charge in [0.1, 0.15) is 0 Å². The van der Waals surface area contributed by atoms with E-state index in [1.54, 1.807) is 0 Å². The molecule has 11 rings (SSSR count). The molecule has 0 unspecified atom stereocenters. The highest BCUT2D eigenvalue weighted by molar-refractivity contribution is 7.25. The second-order valence-corrected chi connectivity index (χ2v) is 14.8. The number of fused-ring (bicyclic) bond motifs is 9. The molecule has 0 amide bonds. The van der Waals surface area contributed by atoms with Crippen LogP contribution in [-0.2, 0) is 0 Å². The van der Waals surface area contributed by atoms with Gasteiger partial charge in [-0.3, -0.25) is 0 Å². The summed E-state index contributed by atoms with van der Waals surface area (Å²) in [5.74, 6) is 0. The first kappa shape index (κ1) is 30.0. The minimum absolute atomic E-state index is 1.11. The summed E-state index contributed by atoms with van der Waals surface area (Å²) in [6.07, 6.45) is 0. The van der Waals surface area contributed by atoms with Crippen LogP contribution in [0.15, 0.2) is 194 Å². The molecule has 0 aliphatic carbocycles. The maximum Gasteiger partial charge on any atom is 0.0625 e. The van der Waals surface area contributed by atoms with E-state index in [-0.39, 0.29) is 0 Å². The SMILES string of the molecule is c1ccc(-c2cc3ccccc3c3c2c2ccc(N(c4ccccc4)c4ccc5sc6ccccc6c5c4)cc2n3-c2cccc3ccccc23)cc1. The number of anilines is 3. The summed E-state index contributed by atoms with van der Waals surface area (Å²) >= 11 is 1.86. The number of hydrogen-bond acceptors (Lipinski definition) is 2. The number of nitrogens with zero attached hydrogens (tertiary/aromatic N) is 2. The van der Waals surface area contributed by atoms with Gasteiger partial charge in [0.05, 0.1) is 16.7 Å². The largest absolute Gasteiger partial charge is 0.310 e. The fraction of sp³-hybridized carbons (Fsp3) is 0. The quantitative estimate of drug-likeness (QED) is 0.174. The predicted molar refractivity (Wildman–Crippen MR) is 229 cm³/mol. The lowest BCUT2D eigenvalue weighted by molar-refractivity contribution is 1.20. The number of benzene rings is 9. The first-order chi connectivity index (χ1) is 26.3. The van der Waals surface area contributed by atoms with Crippen LogP contribution in [0, 0.1) is 0 Å². The van der Waals surface area contributed by atoms with Gasteiger partial charge < -0.3 is 9.47 Å². The molecule has 0 fully saturated rings. The number of rotatable bonds is 5. The molecule has 2 nitrogen and oxygen atoms in total. The van der Waals surface area contributed by atoms with Crippen molar-refractivity contribution in [3.63, 3.8) is 0 Å². The molecular formula is C50H32N2S. The maximum absolute atomic E-state index is 2.53. The minimum atomic E-state index is 1.11. The van der Waals surface area contributed by atoms with Crippen LogP contribution in [-0.4, -0.2) is 4.57 Å². The zero-order valence-corrected chi connectivity index (χ0v) is 29.6. The van der Waals surface area contributed by atoms with E-state index in [0.29, 0.717) is 0 Å². The number of aromatic nitrogens is 1. The smallest absolute Gasteiger partial charge is 0.0625 e. The summed E-state index contributed by atoms with van der Waals surface area (Å²) in [4.78, 5) is 2.41. The van der Waals surface area contributed by atoms with Crippen LogP contribution >= 0.6 is 11.3 Å². The Morgan fingerprint density at radius 1 is 0.396 bits per heavy atom. The van der Waals surface area contributed by atoms with Crippen LogP contribution in [0.3, 0.4) is 0 Å². The molecule has 11 aromatic rings. The monoisotopic (exact) mass is 692 g/mol. The van der Waals surface area contributed by atoms with E-state index in [1.807, 2.05) is 11.3 Å². The van der Waals surface area contributed by atoms with Crippen molar-refractivity contribution in [3.8, 4) is 16.8 Å².